The second kappa shape index (κ2) is 6.23. The third-order valence-electron chi connectivity index (χ3n) is 6.46. The number of hydrogen-bond donors (Lipinski definition) is 1. The summed E-state index contributed by atoms with van der Waals surface area (Å²) in [6.07, 6.45) is 6.44. The molecule has 0 radical (unpaired) electrons. The van der Waals surface area contributed by atoms with Crippen LogP contribution in [-0.4, -0.2) is 36.8 Å². The number of sulfone groups is 1. The molecule has 0 atom stereocenters. The molecule has 2 aromatic heterocycles. The van der Waals surface area contributed by atoms with Crippen LogP contribution in [0.15, 0.2) is 46.3 Å². The van der Waals surface area contributed by atoms with Crippen molar-refractivity contribution in [3.05, 3.63) is 47.0 Å². The van der Waals surface area contributed by atoms with E-state index in [9.17, 15) is 13.2 Å². The van der Waals surface area contributed by atoms with Crippen LogP contribution in [0.4, 0.5) is 5.69 Å². The molecule has 3 aromatic rings. The standard InChI is InChI=1S/C22H25N3O3S/c1-3-29(27,28)15-4-5-19(25-11-9-22(14-25)7-8-22)17(12-15)18-13-24(2)21(26)20-16(18)6-10-23-20/h4-6,10,12-13,23H,3,7-9,11,14H2,1-2H3/i2D3. The SMILES string of the molecule is [2H]C([2H])([2H])n1cc(-c2cc(S(=O)(=O)CC)ccc2N2CCC3(CC3)C2)c2cc[nH]c2c1=O. The first-order valence-electron chi connectivity index (χ1n) is 11.4. The highest BCUT2D eigenvalue weighted by atomic mass is 32.2. The summed E-state index contributed by atoms with van der Waals surface area (Å²) >= 11 is 0. The lowest BCUT2D eigenvalue weighted by Crippen LogP contribution is -2.21. The van der Waals surface area contributed by atoms with E-state index < -0.39 is 22.4 Å². The Morgan fingerprint density at radius 3 is 2.72 bits per heavy atom. The first-order chi connectivity index (χ1) is 15.0. The number of aromatic nitrogens is 2. The van der Waals surface area contributed by atoms with Crippen molar-refractivity contribution in [1.29, 1.82) is 0 Å². The summed E-state index contributed by atoms with van der Waals surface area (Å²) in [5.74, 6) is -0.0348. The summed E-state index contributed by atoms with van der Waals surface area (Å²) in [4.78, 5) is 18.1. The van der Waals surface area contributed by atoms with E-state index in [0.717, 1.165) is 29.8 Å². The molecule has 0 bridgehead atoms. The van der Waals surface area contributed by atoms with Gasteiger partial charge in [-0.15, -0.1) is 0 Å². The Morgan fingerprint density at radius 2 is 2.03 bits per heavy atom. The van der Waals surface area contributed by atoms with Crippen LogP contribution in [0.1, 0.15) is 30.3 Å². The highest BCUT2D eigenvalue weighted by molar-refractivity contribution is 7.91. The molecule has 6 nitrogen and oxygen atoms in total. The van der Waals surface area contributed by atoms with Gasteiger partial charge in [0.25, 0.3) is 5.56 Å². The Bertz CT molecular complexity index is 1380. The number of fused-ring (bicyclic) bond motifs is 1. The fourth-order valence-electron chi connectivity index (χ4n) is 4.46. The minimum atomic E-state index is -3.47. The number of aromatic amines is 1. The molecule has 1 spiro atoms. The van der Waals surface area contributed by atoms with E-state index in [0.29, 0.717) is 21.9 Å². The molecule has 3 heterocycles. The number of anilines is 1. The molecule has 5 rings (SSSR count). The van der Waals surface area contributed by atoms with Gasteiger partial charge < -0.3 is 14.5 Å². The lowest BCUT2D eigenvalue weighted by atomic mass is 10.0. The smallest absolute Gasteiger partial charge is 0.274 e. The number of nitrogens with zero attached hydrogens (tertiary/aromatic N) is 2. The number of rotatable bonds is 4. The Balaban J connectivity index is 1.79. The first-order valence-corrected chi connectivity index (χ1v) is 11.6. The maximum atomic E-state index is 12.8. The van der Waals surface area contributed by atoms with Gasteiger partial charge >= 0.3 is 0 Å². The summed E-state index contributed by atoms with van der Waals surface area (Å²) in [7, 11) is -3.47. The molecule has 29 heavy (non-hydrogen) atoms. The molecular weight excluding hydrogens is 386 g/mol. The van der Waals surface area contributed by atoms with Gasteiger partial charge in [-0.1, -0.05) is 6.92 Å². The molecular formula is C22H25N3O3S. The van der Waals surface area contributed by atoms with Crippen LogP contribution in [0, 0.1) is 5.41 Å². The zero-order valence-electron chi connectivity index (χ0n) is 19.2. The summed E-state index contributed by atoms with van der Waals surface area (Å²) < 4.78 is 49.6. The van der Waals surface area contributed by atoms with E-state index in [4.69, 9.17) is 4.11 Å². The lowest BCUT2D eigenvalue weighted by molar-refractivity contribution is 0.581. The fraction of sp³-hybridized carbons (Fsp3) is 0.409. The Labute approximate surface area is 174 Å². The minimum Gasteiger partial charge on any atom is -0.370 e. The largest absolute Gasteiger partial charge is 0.370 e. The summed E-state index contributed by atoms with van der Waals surface area (Å²) in [6, 6.07) is 6.81. The number of hydrogen-bond acceptors (Lipinski definition) is 4. The maximum absolute atomic E-state index is 12.8. The van der Waals surface area contributed by atoms with Gasteiger partial charge in [-0.05, 0) is 48.9 Å². The van der Waals surface area contributed by atoms with Crippen LogP contribution < -0.4 is 10.5 Å². The summed E-state index contributed by atoms with van der Waals surface area (Å²) in [5.41, 5.74) is 1.92. The molecule has 1 saturated heterocycles. The highest BCUT2D eigenvalue weighted by Crippen LogP contribution is 2.54. The van der Waals surface area contributed by atoms with E-state index in [1.165, 1.54) is 19.0 Å². The Kier molecular flexibility index (Phi) is 3.29. The molecule has 152 valence electrons. The number of H-pyrrole nitrogens is 1. The number of aryl methyl sites for hydroxylation is 1. The molecule has 0 unspecified atom stereocenters. The molecule has 1 N–H and O–H groups in total. The highest BCUT2D eigenvalue weighted by Gasteiger charge is 2.48. The van der Waals surface area contributed by atoms with Crippen LogP contribution in [0.25, 0.3) is 22.0 Å². The van der Waals surface area contributed by atoms with Crippen LogP contribution >= 0.6 is 0 Å². The second-order valence-electron chi connectivity index (χ2n) is 8.24. The Hall–Kier alpha value is -2.54. The normalized spacial score (nSPS) is 20.0. The monoisotopic (exact) mass is 414 g/mol. The van der Waals surface area contributed by atoms with Crippen LogP contribution in [-0.2, 0) is 16.8 Å². The van der Waals surface area contributed by atoms with Crippen molar-refractivity contribution in [2.24, 2.45) is 12.4 Å². The summed E-state index contributed by atoms with van der Waals surface area (Å²) in [6.45, 7) is 0.695. The quantitative estimate of drug-likeness (QED) is 0.711. The zero-order chi connectivity index (χ0) is 22.9. The maximum Gasteiger partial charge on any atom is 0.274 e. The third-order valence-corrected chi connectivity index (χ3v) is 8.19. The molecule has 1 aliphatic heterocycles. The number of benzene rings is 1. The van der Waals surface area contributed by atoms with Crippen molar-refractivity contribution in [2.45, 2.75) is 31.1 Å². The van der Waals surface area contributed by atoms with Gasteiger partial charge in [-0.25, -0.2) is 8.42 Å². The van der Waals surface area contributed by atoms with Crippen molar-refractivity contribution in [3.8, 4) is 11.1 Å². The van der Waals surface area contributed by atoms with Crippen LogP contribution in [0.5, 0.6) is 0 Å². The van der Waals surface area contributed by atoms with Gasteiger partial charge in [0.05, 0.1) is 10.6 Å². The predicted molar refractivity (Wildman–Crippen MR) is 115 cm³/mol. The third kappa shape index (κ3) is 2.90. The average molecular weight is 415 g/mol. The molecule has 7 heteroatoms. The number of pyridine rings is 1. The Morgan fingerprint density at radius 1 is 1.21 bits per heavy atom. The van der Waals surface area contributed by atoms with E-state index in [1.54, 1.807) is 31.3 Å². The van der Waals surface area contributed by atoms with E-state index >= 15 is 0 Å². The molecule has 2 fully saturated rings. The summed E-state index contributed by atoms with van der Waals surface area (Å²) in [5, 5.41) is 0.572. The zero-order valence-corrected chi connectivity index (χ0v) is 17.1. The molecule has 2 aliphatic rings. The van der Waals surface area contributed by atoms with Gasteiger partial charge in [-0.2, -0.15) is 0 Å². The van der Waals surface area contributed by atoms with Gasteiger partial charge in [-0.3, -0.25) is 4.79 Å². The molecule has 0 amide bonds. The predicted octanol–water partition coefficient (Wildman–Crippen LogP) is 3.32. The molecule has 1 aliphatic carbocycles. The van der Waals surface area contributed by atoms with Crippen molar-refractivity contribution >= 4 is 26.4 Å². The van der Waals surface area contributed by atoms with Crippen LogP contribution in [0.3, 0.4) is 0 Å². The minimum absolute atomic E-state index is 0.0348. The van der Waals surface area contributed by atoms with Gasteiger partial charge in [0, 0.05) is 58.8 Å². The lowest BCUT2D eigenvalue weighted by Gasteiger charge is -2.23. The van der Waals surface area contributed by atoms with Gasteiger partial charge in [0.15, 0.2) is 9.84 Å². The van der Waals surface area contributed by atoms with E-state index in [2.05, 4.69) is 9.88 Å². The van der Waals surface area contributed by atoms with Gasteiger partial charge in [0.1, 0.15) is 5.52 Å². The van der Waals surface area contributed by atoms with Crippen molar-refractivity contribution in [2.75, 3.05) is 23.7 Å². The number of nitrogens with one attached hydrogen (secondary N) is 1. The van der Waals surface area contributed by atoms with Crippen molar-refractivity contribution < 1.29 is 12.5 Å². The van der Waals surface area contributed by atoms with Gasteiger partial charge in [0.2, 0.25) is 0 Å². The second-order valence-corrected chi connectivity index (χ2v) is 10.5. The molecule has 1 saturated carbocycles. The van der Waals surface area contributed by atoms with Crippen molar-refractivity contribution in [3.63, 3.8) is 0 Å². The van der Waals surface area contributed by atoms with E-state index in [1.807, 2.05) is 6.07 Å². The average Bonchev–Trinajstić information content (AvgIpc) is 3.13. The first kappa shape index (κ1) is 15.3. The van der Waals surface area contributed by atoms with Crippen LogP contribution in [0.2, 0.25) is 0 Å². The van der Waals surface area contributed by atoms with E-state index in [-0.39, 0.29) is 16.2 Å². The topological polar surface area (TPSA) is 75.2 Å². The van der Waals surface area contributed by atoms with Crippen molar-refractivity contribution in [1.82, 2.24) is 9.55 Å². The fourth-order valence-corrected chi connectivity index (χ4v) is 5.36. The molecule has 1 aromatic carbocycles.